The van der Waals surface area contributed by atoms with Crippen LogP contribution >= 0.6 is 0 Å². The lowest BCUT2D eigenvalue weighted by atomic mass is 9.84. The van der Waals surface area contributed by atoms with Gasteiger partial charge in [-0.25, -0.2) is 4.98 Å². The van der Waals surface area contributed by atoms with Crippen LogP contribution in [0.4, 0.5) is 0 Å². The van der Waals surface area contributed by atoms with Crippen molar-refractivity contribution >= 4 is 5.91 Å². The minimum absolute atomic E-state index is 0.0570. The number of nitrogens with zero attached hydrogens (tertiary/aromatic N) is 2. The topological polar surface area (TPSA) is 79.4 Å². The summed E-state index contributed by atoms with van der Waals surface area (Å²) in [6.45, 7) is 2.32. The second-order valence-corrected chi connectivity index (χ2v) is 6.89. The van der Waals surface area contributed by atoms with Gasteiger partial charge in [-0.15, -0.1) is 0 Å². The van der Waals surface area contributed by atoms with Gasteiger partial charge in [0.2, 0.25) is 5.91 Å². The molecular formula is C19H23N3O3. The summed E-state index contributed by atoms with van der Waals surface area (Å²) in [7, 11) is 0. The molecule has 2 aromatic rings. The van der Waals surface area contributed by atoms with Crippen LogP contribution in [-0.4, -0.2) is 40.9 Å². The number of carbonyl (C=O) groups is 1. The smallest absolute Gasteiger partial charge is 0.248 e. The Morgan fingerprint density at radius 2 is 1.96 bits per heavy atom. The summed E-state index contributed by atoms with van der Waals surface area (Å²) >= 11 is 0. The van der Waals surface area contributed by atoms with Crippen LogP contribution in [0.25, 0.3) is 11.4 Å². The molecule has 132 valence electrons. The number of imidazole rings is 1. The van der Waals surface area contributed by atoms with Gasteiger partial charge in [0.25, 0.3) is 0 Å². The average molecular weight is 341 g/mol. The highest BCUT2D eigenvalue weighted by molar-refractivity contribution is 5.93. The van der Waals surface area contributed by atoms with E-state index in [1.165, 1.54) is 0 Å². The fourth-order valence-electron chi connectivity index (χ4n) is 3.95. The number of amides is 1. The molecule has 1 spiro atoms. The third-order valence-electron chi connectivity index (χ3n) is 5.36. The van der Waals surface area contributed by atoms with E-state index in [0.29, 0.717) is 11.6 Å². The summed E-state index contributed by atoms with van der Waals surface area (Å²) in [5.74, 6) is 0.505. The molecule has 2 N–H and O–H groups in total. The van der Waals surface area contributed by atoms with Gasteiger partial charge in [0, 0.05) is 49.4 Å². The second kappa shape index (κ2) is 6.61. The maximum Gasteiger partial charge on any atom is 0.248 e. The van der Waals surface area contributed by atoms with Crippen LogP contribution in [0.1, 0.15) is 42.1 Å². The molecule has 1 unspecified atom stereocenters. The van der Waals surface area contributed by atoms with Crippen molar-refractivity contribution in [2.24, 2.45) is 5.73 Å². The van der Waals surface area contributed by atoms with E-state index in [2.05, 4.69) is 9.55 Å². The highest BCUT2D eigenvalue weighted by Crippen LogP contribution is 2.40. The van der Waals surface area contributed by atoms with Gasteiger partial charge in [0.05, 0.1) is 5.60 Å². The maximum absolute atomic E-state index is 11.3. The van der Waals surface area contributed by atoms with Crippen LogP contribution in [0.5, 0.6) is 0 Å². The zero-order valence-electron chi connectivity index (χ0n) is 14.2. The summed E-state index contributed by atoms with van der Waals surface area (Å²) in [6, 6.07) is 7.67. The van der Waals surface area contributed by atoms with Gasteiger partial charge in [-0.1, -0.05) is 12.1 Å². The summed E-state index contributed by atoms with van der Waals surface area (Å²) in [6.07, 6.45) is 7.76. The van der Waals surface area contributed by atoms with Gasteiger partial charge in [0.15, 0.2) is 0 Å². The molecule has 4 rings (SSSR count). The first-order valence-electron chi connectivity index (χ1n) is 8.82. The van der Waals surface area contributed by atoms with Gasteiger partial charge in [-0.05, 0) is 37.8 Å². The molecule has 2 aliphatic heterocycles. The largest absolute Gasteiger partial charge is 0.381 e. The van der Waals surface area contributed by atoms with Crippen LogP contribution in [0.2, 0.25) is 0 Å². The van der Waals surface area contributed by atoms with Crippen molar-refractivity contribution in [2.75, 3.05) is 19.8 Å². The Kier molecular flexibility index (Phi) is 4.31. The van der Waals surface area contributed by atoms with Gasteiger partial charge < -0.3 is 19.8 Å². The molecule has 1 atom stereocenters. The van der Waals surface area contributed by atoms with E-state index in [1.54, 1.807) is 12.1 Å². The van der Waals surface area contributed by atoms with Gasteiger partial charge >= 0.3 is 0 Å². The van der Waals surface area contributed by atoms with Gasteiger partial charge in [0.1, 0.15) is 5.82 Å². The predicted molar refractivity (Wildman–Crippen MR) is 93.2 cm³/mol. The molecule has 0 radical (unpaired) electrons. The second-order valence-electron chi connectivity index (χ2n) is 6.89. The van der Waals surface area contributed by atoms with Crippen molar-refractivity contribution in [3.63, 3.8) is 0 Å². The van der Waals surface area contributed by atoms with Crippen molar-refractivity contribution in [1.82, 2.24) is 9.55 Å². The highest BCUT2D eigenvalue weighted by Gasteiger charge is 2.39. The van der Waals surface area contributed by atoms with E-state index in [0.717, 1.165) is 56.9 Å². The molecule has 0 saturated carbocycles. The Labute approximate surface area is 146 Å². The lowest BCUT2D eigenvalue weighted by Crippen LogP contribution is -2.44. The third-order valence-corrected chi connectivity index (χ3v) is 5.36. The quantitative estimate of drug-likeness (QED) is 0.930. The first kappa shape index (κ1) is 16.3. The normalized spacial score (nSPS) is 22.8. The molecule has 0 bridgehead atoms. The standard InChI is InChI=1S/C19H23N3O3/c20-17(23)14-1-3-15(4-2-14)18-21-8-9-22(18)16-5-10-25-19(13-16)6-11-24-12-7-19/h1-4,8-9,16H,5-7,10-13H2,(H2,20,23). The molecule has 1 aromatic heterocycles. The molecule has 2 aliphatic rings. The number of primary amides is 1. The number of rotatable bonds is 3. The Bertz CT molecular complexity index is 742. The van der Waals surface area contributed by atoms with Crippen molar-refractivity contribution in [2.45, 2.75) is 37.3 Å². The van der Waals surface area contributed by atoms with Gasteiger partial charge in [-0.2, -0.15) is 0 Å². The summed E-state index contributed by atoms with van der Waals surface area (Å²) in [5, 5.41) is 0. The highest BCUT2D eigenvalue weighted by atomic mass is 16.5. The van der Waals surface area contributed by atoms with Crippen LogP contribution in [0, 0.1) is 0 Å². The Morgan fingerprint density at radius 3 is 2.68 bits per heavy atom. The molecular weight excluding hydrogens is 318 g/mol. The average Bonchev–Trinajstić information content (AvgIpc) is 3.12. The number of hydrogen-bond donors (Lipinski definition) is 1. The van der Waals surface area contributed by atoms with E-state index in [4.69, 9.17) is 15.2 Å². The lowest BCUT2D eigenvalue weighted by molar-refractivity contribution is -0.144. The van der Waals surface area contributed by atoms with Gasteiger partial charge in [-0.3, -0.25) is 4.79 Å². The number of nitrogens with two attached hydrogens (primary N) is 1. The Morgan fingerprint density at radius 1 is 1.20 bits per heavy atom. The van der Waals surface area contributed by atoms with E-state index in [9.17, 15) is 4.79 Å². The van der Waals surface area contributed by atoms with Crippen LogP contribution in [-0.2, 0) is 9.47 Å². The van der Waals surface area contributed by atoms with Crippen molar-refractivity contribution < 1.29 is 14.3 Å². The van der Waals surface area contributed by atoms with Crippen LogP contribution in [0.3, 0.4) is 0 Å². The SMILES string of the molecule is NC(=O)c1ccc(-c2nccn2C2CCOC3(CCOCC3)C2)cc1. The Balaban J connectivity index is 1.59. The lowest BCUT2D eigenvalue weighted by Gasteiger charge is -2.43. The van der Waals surface area contributed by atoms with E-state index >= 15 is 0 Å². The summed E-state index contributed by atoms with van der Waals surface area (Å²) in [5.41, 5.74) is 6.76. The van der Waals surface area contributed by atoms with E-state index in [1.807, 2.05) is 24.5 Å². The minimum Gasteiger partial charge on any atom is -0.381 e. The minimum atomic E-state index is -0.416. The van der Waals surface area contributed by atoms with Crippen molar-refractivity contribution in [1.29, 1.82) is 0 Å². The third kappa shape index (κ3) is 3.19. The van der Waals surface area contributed by atoms with Crippen LogP contribution < -0.4 is 5.73 Å². The van der Waals surface area contributed by atoms with Crippen molar-refractivity contribution in [3.8, 4) is 11.4 Å². The predicted octanol–water partition coefficient (Wildman–Crippen LogP) is 2.55. The van der Waals surface area contributed by atoms with Crippen molar-refractivity contribution in [3.05, 3.63) is 42.2 Å². The van der Waals surface area contributed by atoms with E-state index in [-0.39, 0.29) is 5.60 Å². The van der Waals surface area contributed by atoms with E-state index < -0.39 is 5.91 Å². The molecule has 6 heteroatoms. The monoisotopic (exact) mass is 341 g/mol. The molecule has 6 nitrogen and oxygen atoms in total. The zero-order valence-corrected chi connectivity index (χ0v) is 14.2. The number of ether oxygens (including phenoxy) is 2. The molecule has 2 saturated heterocycles. The molecule has 1 amide bonds. The number of hydrogen-bond acceptors (Lipinski definition) is 4. The maximum atomic E-state index is 11.3. The fraction of sp³-hybridized carbons (Fsp3) is 0.474. The fourth-order valence-corrected chi connectivity index (χ4v) is 3.95. The number of carbonyl (C=O) groups excluding carboxylic acids is 1. The number of benzene rings is 1. The Hall–Kier alpha value is -2.18. The molecule has 3 heterocycles. The molecule has 2 fully saturated rings. The summed E-state index contributed by atoms with van der Waals surface area (Å²) in [4.78, 5) is 15.8. The first-order valence-corrected chi connectivity index (χ1v) is 8.82. The molecule has 0 aliphatic carbocycles. The molecule has 25 heavy (non-hydrogen) atoms. The summed E-state index contributed by atoms with van der Waals surface area (Å²) < 4.78 is 13.9. The molecule has 1 aromatic carbocycles. The zero-order chi connectivity index (χ0) is 17.3. The first-order chi connectivity index (χ1) is 12.2. The number of aromatic nitrogens is 2. The van der Waals surface area contributed by atoms with Crippen LogP contribution in [0.15, 0.2) is 36.7 Å².